The zero-order chi connectivity index (χ0) is 16.8. The molecule has 0 saturated carbocycles. The molecule has 8 heteroatoms. The predicted molar refractivity (Wildman–Crippen MR) is 70.7 cm³/mol. The van der Waals surface area contributed by atoms with Crippen molar-refractivity contribution in [3.05, 3.63) is 51.6 Å². The lowest BCUT2D eigenvalue weighted by Crippen LogP contribution is -2.13. The number of non-ortho nitro benzene ring substituents is 1. The lowest BCUT2D eigenvalue weighted by molar-refractivity contribution is -0.384. The van der Waals surface area contributed by atoms with E-state index in [-0.39, 0.29) is 23.9 Å². The summed E-state index contributed by atoms with van der Waals surface area (Å²) in [5.41, 5.74) is -1.67. The van der Waals surface area contributed by atoms with Gasteiger partial charge in [-0.1, -0.05) is 17.9 Å². The fraction of sp³-hybridized carbons (Fsp3) is 0.214. The summed E-state index contributed by atoms with van der Waals surface area (Å²) < 4.78 is 42.6. The van der Waals surface area contributed by atoms with Crippen LogP contribution in [0.1, 0.15) is 12.5 Å². The number of rotatable bonds is 3. The van der Waals surface area contributed by atoms with Crippen molar-refractivity contribution in [1.29, 1.82) is 0 Å². The number of hydrogen-bond donors (Lipinski definition) is 0. The molecule has 0 heterocycles. The van der Waals surface area contributed by atoms with E-state index in [2.05, 4.69) is 10.7 Å². The molecule has 0 aliphatic carbocycles. The zero-order valence-electron chi connectivity index (χ0n) is 11.3. The van der Waals surface area contributed by atoms with Crippen LogP contribution in [0.25, 0.3) is 0 Å². The number of carbonyl (C=O) groups is 1. The average Bonchev–Trinajstić information content (AvgIpc) is 2.42. The average molecular weight is 313 g/mol. The minimum absolute atomic E-state index is 0.0215. The Morgan fingerprint density at radius 3 is 2.68 bits per heavy atom. The Labute approximate surface area is 123 Å². The molecule has 0 bridgehead atoms. The van der Waals surface area contributed by atoms with Gasteiger partial charge in [-0.15, -0.1) is 0 Å². The first-order valence-corrected chi connectivity index (χ1v) is 5.96. The van der Waals surface area contributed by atoms with Gasteiger partial charge in [0.2, 0.25) is 0 Å². The summed E-state index contributed by atoms with van der Waals surface area (Å²) in [6, 6.07) is 4.83. The minimum Gasteiger partial charge on any atom is -0.463 e. The Hall–Kier alpha value is -2.82. The molecule has 0 aromatic heterocycles. The molecule has 1 aromatic rings. The molecule has 0 aliphatic rings. The second-order valence-corrected chi connectivity index (χ2v) is 3.87. The van der Waals surface area contributed by atoms with Crippen LogP contribution in [0, 0.1) is 22.0 Å². The second kappa shape index (κ2) is 7.26. The van der Waals surface area contributed by atoms with E-state index in [1.54, 1.807) is 5.92 Å². The number of nitrogens with zero attached hydrogens (tertiary/aromatic N) is 1. The quantitative estimate of drug-likeness (QED) is 0.283. The third-order valence-corrected chi connectivity index (χ3v) is 2.25. The first kappa shape index (κ1) is 17.2. The molecule has 0 aliphatic heterocycles. The standard InChI is InChI=1S/C14H10F3NO4/c1-2-22-13(19)9-11(14(15,16)17)7-6-10-4-3-5-12(8-10)18(20)21/h3-5,8-9H,2H2,1H3/b11-9+. The molecule has 1 aromatic carbocycles. The molecule has 22 heavy (non-hydrogen) atoms. The number of esters is 1. The van der Waals surface area contributed by atoms with Crippen molar-refractivity contribution in [2.24, 2.45) is 0 Å². The van der Waals surface area contributed by atoms with Gasteiger partial charge in [0.1, 0.15) is 5.57 Å². The van der Waals surface area contributed by atoms with Crippen molar-refractivity contribution in [2.75, 3.05) is 6.61 Å². The number of carbonyl (C=O) groups excluding carboxylic acids is 1. The van der Waals surface area contributed by atoms with Crippen LogP contribution >= 0.6 is 0 Å². The van der Waals surface area contributed by atoms with Crippen LogP contribution in [0.15, 0.2) is 35.9 Å². The Bertz CT molecular complexity index is 669. The number of nitro benzene ring substituents is 1. The third-order valence-electron chi connectivity index (χ3n) is 2.25. The monoisotopic (exact) mass is 313 g/mol. The van der Waals surface area contributed by atoms with Crippen LogP contribution in [0.3, 0.4) is 0 Å². The number of ether oxygens (including phenoxy) is 1. The predicted octanol–water partition coefficient (Wildman–Crippen LogP) is 3.00. The van der Waals surface area contributed by atoms with Gasteiger partial charge in [-0.25, -0.2) is 4.79 Å². The molecule has 0 amide bonds. The van der Waals surface area contributed by atoms with Crippen molar-refractivity contribution in [3.63, 3.8) is 0 Å². The van der Waals surface area contributed by atoms with Crippen molar-refractivity contribution >= 4 is 11.7 Å². The van der Waals surface area contributed by atoms with Crippen molar-refractivity contribution < 1.29 is 27.6 Å². The van der Waals surface area contributed by atoms with Gasteiger partial charge in [-0.2, -0.15) is 13.2 Å². The van der Waals surface area contributed by atoms with Crippen LogP contribution in [0.4, 0.5) is 18.9 Å². The molecule has 0 radical (unpaired) electrons. The van der Waals surface area contributed by atoms with Gasteiger partial charge in [-0.05, 0) is 13.0 Å². The molecular weight excluding hydrogens is 303 g/mol. The van der Waals surface area contributed by atoms with Gasteiger partial charge >= 0.3 is 12.1 Å². The number of alkyl halides is 3. The van der Waals surface area contributed by atoms with E-state index in [0.29, 0.717) is 0 Å². The van der Waals surface area contributed by atoms with E-state index in [1.165, 1.54) is 25.1 Å². The highest BCUT2D eigenvalue weighted by atomic mass is 19.4. The maximum atomic E-state index is 12.7. The zero-order valence-corrected chi connectivity index (χ0v) is 11.3. The molecule has 0 fully saturated rings. The number of hydrogen-bond acceptors (Lipinski definition) is 4. The van der Waals surface area contributed by atoms with Gasteiger partial charge < -0.3 is 4.74 Å². The number of nitro groups is 1. The van der Waals surface area contributed by atoms with Crippen LogP contribution in [0.5, 0.6) is 0 Å². The molecule has 0 spiro atoms. The van der Waals surface area contributed by atoms with E-state index in [1.807, 2.05) is 0 Å². The molecule has 1 rings (SSSR count). The highest BCUT2D eigenvalue weighted by Crippen LogP contribution is 2.25. The third kappa shape index (κ3) is 5.28. The van der Waals surface area contributed by atoms with E-state index >= 15 is 0 Å². The van der Waals surface area contributed by atoms with Gasteiger partial charge in [0.15, 0.2) is 0 Å². The second-order valence-electron chi connectivity index (χ2n) is 3.87. The Morgan fingerprint density at radius 1 is 1.45 bits per heavy atom. The van der Waals surface area contributed by atoms with Crippen LogP contribution in [-0.4, -0.2) is 23.7 Å². The number of allylic oxidation sites excluding steroid dienone is 1. The Balaban J connectivity index is 3.14. The molecule has 0 atom stereocenters. The fourth-order valence-electron chi connectivity index (χ4n) is 1.33. The number of benzene rings is 1. The highest BCUT2D eigenvalue weighted by molar-refractivity contribution is 5.84. The topological polar surface area (TPSA) is 69.4 Å². The minimum atomic E-state index is -4.83. The molecule has 5 nitrogen and oxygen atoms in total. The van der Waals surface area contributed by atoms with Crippen LogP contribution in [-0.2, 0) is 9.53 Å². The molecule has 116 valence electrons. The maximum absolute atomic E-state index is 12.7. The van der Waals surface area contributed by atoms with Crippen molar-refractivity contribution in [3.8, 4) is 11.8 Å². The first-order chi connectivity index (χ1) is 10.2. The molecular formula is C14H10F3NO4. The van der Waals surface area contributed by atoms with E-state index in [0.717, 1.165) is 6.07 Å². The van der Waals surface area contributed by atoms with Gasteiger partial charge in [0.05, 0.1) is 11.5 Å². The van der Waals surface area contributed by atoms with E-state index in [4.69, 9.17) is 0 Å². The molecule has 0 saturated heterocycles. The van der Waals surface area contributed by atoms with E-state index < -0.39 is 22.6 Å². The summed E-state index contributed by atoms with van der Waals surface area (Å²) in [5.74, 6) is 2.77. The summed E-state index contributed by atoms with van der Waals surface area (Å²) in [7, 11) is 0. The van der Waals surface area contributed by atoms with Crippen molar-refractivity contribution in [2.45, 2.75) is 13.1 Å². The SMILES string of the molecule is CCOC(=O)/C=C(\C#Cc1cccc([N+](=O)[O-])c1)C(F)(F)F. The lowest BCUT2D eigenvalue weighted by atomic mass is 10.1. The van der Waals surface area contributed by atoms with Crippen molar-refractivity contribution in [1.82, 2.24) is 0 Å². The summed E-state index contributed by atoms with van der Waals surface area (Å²) in [5, 5.41) is 10.6. The maximum Gasteiger partial charge on any atom is 0.424 e. The summed E-state index contributed by atoms with van der Waals surface area (Å²) in [6.07, 6.45) is -4.59. The van der Waals surface area contributed by atoms with Crippen LogP contribution < -0.4 is 0 Å². The van der Waals surface area contributed by atoms with E-state index in [9.17, 15) is 28.1 Å². The van der Waals surface area contributed by atoms with Gasteiger partial charge in [-0.3, -0.25) is 10.1 Å². The largest absolute Gasteiger partial charge is 0.463 e. The molecule has 0 N–H and O–H groups in total. The van der Waals surface area contributed by atoms with Gasteiger partial charge in [0, 0.05) is 23.8 Å². The fourth-order valence-corrected chi connectivity index (χ4v) is 1.33. The molecule has 0 unspecified atom stereocenters. The van der Waals surface area contributed by atoms with Crippen LogP contribution in [0.2, 0.25) is 0 Å². The smallest absolute Gasteiger partial charge is 0.424 e. The normalized spacial score (nSPS) is 11.4. The lowest BCUT2D eigenvalue weighted by Gasteiger charge is -2.05. The first-order valence-electron chi connectivity index (χ1n) is 5.96. The summed E-state index contributed by atoms with van der Waals surface area (Å²) >= 11 is 0. The number of halogens is 3. The Kier molecular flexibility index (Phi) is 5.69. The Morgan fingerprint density at radius 2 is 2.14 bits per heavy atom. The van der Waals surface area contributed by atoms with Gasteiger partial charge in [0.25, 0.3) is 5.69 Å². The highest BCUT2D eigenvalue weighted by Gasteiger charge is 2.33. The summed E-state index contributed by atoms with van der Waals surface area (Å²) in [6.45, 7) is 1.38. The summed E-state index contributed by atoms with van der Waals surface area (Å²) in [4.78, 5) is 21.0.